The van der Waals surface area contributed by atoms with Crippen molar-refractivity contribution >= 4 is 5.69 Å². The van der Waals surface area contributed by atoms with Crippen LogP contribution in [-0.4, -0.2) is 31.9 Å². The first-order valence-corrected chi connectivity index (χ1v) is 6.14. The van der Waals surface area contributed by atoms with E-state index in [1.54, 1.807) is 0 Å². The Morgan fingerprint density at radius 2 is 2.24 bits per heavy atom. The van der Waals surface area contributed by atoms with Crippen molar-refractivity contribution in [3.8, 4) is 5.75 Å². The average Bonchev–Trinajstić information content (AvgIpc) is 2.69. The number of benzene rings is 1. The van der Waals surface area contributed by atoms with Crippen molar-refractivity contribution in [2.45, 2.75) is 25.1 Å². The van der Waals surface area contributed by atoms with Gasteiger partial charge in [0.05, 0.1) is 19.2 Å². The fourth-order valence-electron chi connectivity index (χ4n) is 2.53. The summed E-state index contributed by atoms with van der Waals surface area (Å²) in [5.41, 5.74) is 7.96. The fourth-order valence-corrected chi connectivity index (χ4v) is 2.53. The van der Waals surface area contributed by atoms with E-state index in [4.69, 9.17) is 10.5 Å². The smallest absolute Gasteiger partial charge is 0.134 e. The molecule has 17 heavy (non-hydrogen) atoms. The summed E-state index contributed by atoms with van der Waals surface area (Å²) in [7, 11) is 0. The molecule has 2 aliphatic heterocycles. The van der Waals surface area contributed by atoms with Crippen LogP contribution in [0.2, 0.25) is 0 Å². The molecule has 0 aliphatic carbocycles. The van der Waals surface area contributed by atoms with Crippen LogP contribution in [0.3, 0.4) is 0 Å². The first kappa shape index (κ1) is 10.8. The molecule has 0 bridgehead atoms. The molecule has 2 aliphatic rings. The molecule has 2 heterocycles. The van der Waals surface area contributed by atoms with E-state index in [1.165, 1.54) is 5.56 Å². The number of anilines is 1. The van der Waals surface area contributed by atoms with Crippen LogP contribution in [0.25, 0.3) is 0 Å². The minimum Gasteiger partial charge on any atom is -0.493 e. The molecular formula is C13H17FN2O. The largest absolute Gasteiger partial charge is 0.493 e. The summed E-state index contributed by atoms with van der Waals surface area (Å²) >= 11 is 0. The van der Waals surface area contributed by atoms with Gasteiger partial charge in [-0.15, -0.1) is 0 Å². The van der Waals surface area contributed by atoms with Crippen LogP contribution in [0.4, 0.5) is 10.1 Å². The number of aryl methyl sites for hydroxylation is 1. The summed E-state index contributed by atoms with van der Waals surface area (Å²) in [6, 6.07) is 5.77. The molecule has 0 radical (unpaired) electrons. The molecule has 0 unspecified atom stereocenters. The highest BCUT2D eigenvalue weighted by Gasteiger charge is 2.30. The van der Waals surface area contributed by atoms with Gasteiger partial charge in [0.25, 0.3) is 0 Å². The maximum Gasteiger partial charge on any atom is 0.134 e. The van der Waals surface area contributed by atoms with E-state index >= 15 is 0 Å². The van der Waals surface area contributed by atoms with Gasteiger partial charge in [0, 0.05) is 18.3 Å². The van der Waals surface area contributed by atoms with Gasteiger partial charge in [0.1, 0.15) is 11.9 Å². The molecule has 3 rings (SSSR count). The lowest BCUT2D eigenvalue weighted by molar-refractivity contribution is 0.288. The van der Waals surface area contributed by atoms with Gasteiger partial charge in [-0.2, -0.15) is 0 Å². The number of rotatable bonds is 1. The van der Waals surface area contributed by atoms with E-state index in [0.717, 1.165) is 30.9 Å². The van der Waals surface area contributed by atoms with E-state index in [2.05, 4.69) is 6.07 Å². The number of fused-ring (bicyclic) bond motifs is 1. The predicted octanol–water partition coefficient (Wildman–Crippen LogP) is 1.50. The fraction of sp³-hybridized carbons (Fsp3) is 0.538. The zero-order valence-electron chi connectivity index (χ0n) is 9.73. The molecule has 1 saturated heterocycles. The van der Waals surface area contributed by atoms with Gasteiger partial charge < -0.3 is 15.4 Å². The van der Waals surface area contributed by atoms with Crippen molar-refractivity contribution in [3.63, 3.8) is 0 Å². The Morgan fingerprint density at radius 1 is 1.35 bits per heavy atom. The Bertz CT molecular complexity index is 414. The van der Waals surface area contributed by atoms with Crippen LogP contribution in [-0.2, 0) is 6.42 Å². The number of hydrogen-bond donors (Lipinski definition) is 1. The van der Waals surface area contributed by atoms with Gasteiger partial charge in [-0.1, -0.05) is 6.07 Å². The zero-order valence-corrected chi connectivity index (χ0v) is 9.73. The molecule has 92 valence electrons. The summed E-state index contributed by atoms with van der Waals surface area (Å²) in [6.45, 7) is 1.75. The summed E-state index contributed by atoms with van der Waals surface area (Å²) in [5.74, 6) is 0.949. The minimum absolute atomic E-state index is 0.369. The first-order chi connectivity index (χ1) is 8.24. The summed E-state index contributed by atoms with van der Waals surface area (Å²) in [4.78, 5) is 1.99. The number of alkyl halides is 1. The molecule has 4 heteroatoms. The molecule has 0 spiro atoms. The van der Waals surface area contributed by atoms with Crippen LogP contribution in [0, 0.1) is 0 Å². The highest BCUT2D eigenvalue weighted by molar-refractivity contribution is 5.55. The SMILES string of the molecule is N[C@H]1CN(c2ccc3c(c2)OCCC3)C[C@H]1F. The van der Waals surface area contributed by atoms with Crippen molar-refractivity contribution in [1.82, 2.24) is 0 Å². The standard InChI is InChI=1S/C13H17FN2O/c14-11-7-16(8-12(11)15)10-4-3-9-2-1-5-17-13(9)6-10/h3-4,6,11-12H,1-2,5,7-8,15H2/t11-,12+/m1/s1. The Morgan fingerprint density at radius 3 is 3.00 bits per heavy atom. The molecule has 1 aromatic rings. The van der Waals surface area contributed by atoms with Crippen LogP contribution >= 0.6 is 0 Å². The minimum atomic E-state index is -0.924. The monoisotopic (exact) mass is 236 g/mol. The van der Waals surface area contributed by atoms with Crippen molar-refractivity contribution in [2.24, 2.45) is 5.73 Å². The second-order valence-electron chi connectivity index (χ2n) is 4.83. The molecule has 3 nitrogen and oxygen atoms in total. The maximum atomic E-state index is 13.4. The Balaban J connectivity index is 1.84. The topological polar surface area (TPSA) is 38.5 Å². The van der Waals surface area contributed by atoms with E-state index in [9.17, 15) is 4.39 Å². The van der Waals surface area contributed by atoms with E-state index in [1.807, 2.05) is 17.0 Å². The van der Waals surface area contributed by atoms with Crippen LogP contribution in [0.1, 0.15) is 12.0 Å². The second kappa shape index (κ2) is 4.18. The number of ether oxygens (including phenoxy) is 1. The van der Waals surface area contributed by atoms with Gasteiger partial charge in [-0.05, 0) is 24.5 Å². The lowest BCUT2D eigenvalue weighted by atomic mass is 10.1. The third-order valence-corrected chi connectivity index (χ3v) is 3.55. The normalized spacial score (nSPS) is 27.8. The van der Waals surface area contributed by atoms with Gasteiger partial charge in [0.15, 0.2) is 0 Å². The number of nitrogens with zero attached hydrogens (tertiary/aromatic N) is 1. The molecule has 1 fully saturated rings. The molecule has 2 atom stereocenters. The third kappa shape index (κ3) is 1.97. The Hall–Kier alpha value is -1.29. The predicted molar refractivity (Wildman–Crippen MR) is 65.3 cm³/mol. The van der Waals surface area contributed by atoms with E-state index in [0.29, 0.717) is 13.1 Å². The third-order valence-electron chi connectivity index (χ3n) is 3.55. The summed E-state index contributed by atoms with van der Waals surface area (Å²) in [6.07, 6.45) is 1.22. The van der Waals surface area contributed by atoms with Crippen LogP contribution in [0.15, 0.2) is 18.2 Å². The molecule has 0 amide bonds. The number of halogens is 1. The maximum absolute atomic E-state index is 13.4. The molecule has 0 aromatic heterocycles. The van der Waals surface area contributed by atoms with Crippen molar-refractivity contribution in [3.05, 3.63) is 23.8 Å². The lowest BCUT2D eigenvalue weighted by Gasteiger charge is -2.22. The van der Waals surface area contributed by atoms with Gasteiger partial charge in [0.2, 0.25) is 0 Å². The van der Waals surface area contributed by atoms with Crippen LogP contribution < -0.4 is 15.4 Å². The van der Waals surface area contributed by atoms with E-state index < -0.39 is 6.17 Å². The van der Waals surface area contributed by atoms with E-state index in [-0.39, 0.29) is 6.04 Å². The Kier molecular flexibility index (Phi) is 2.67. The highest BCUT2D eigenvalue weighted by Crippen LogP contribution is 2.31. The summed E-state index contributed by atoms with van der Waals surface area (Å²) in [5, 5.41) is 0. The number of nitrogens with two attached hydrogens (primary N) is 1. The van der Waals surface area contributed by atoms with Crippen LogP contribution in [0.5, 0.6) is 5.75 Å². The van der Waals surface area contributed by atoms with Gasteiger partial charge >= 0.3 is 0 Å². The first-order valence-electron chi connectivity index (χ1n) is 6.14. The van der Waals surface area contributed by atoms with Gasteiger partial charge in [-0.3, -0.25) is 0 Å². The highest BCUT2D eigenvalue weighted by atomic mass is 19.1. The van der Waals surface area contributed by atoms with Crippen molar-refractivity contribution in [1.29, 1.82) is 0 Å². The molecular weight excluding hydrogens is 219 g/mol. The van der Waals surface area contributed by atoms with Crippen molar-refractivity contribution < 1.29 is 9.13 Å². The average molecular weight is 236 g/mol. The second-order valence-corrected chi connectivity index (χ2v) is 4.83. The molecule has 2 N–H and O–H groups in total. The molecule has 1 aromatic carbocycles. The summed E-state index contributed by atoms with van der Waals surface area (Å²) < 4.78 is 19.0. The van der Waals surface area contributed by atoms with Gasteiger partial charge in [-0.25, -0.2) is 4.39 Å². The quantitative estimate of drug-likeness (QED) is 0.803. The zero-order chi connectivity index (χ0) is 11.8. The molecule has 0 saturated carbocycles. The number of hydrogen-bond acceptors (Lipinski definition) is 3. The van der Waals surface area contributed by atoms with Crippen molar-refractivity contribution in [2.75, 3.05) is 24.6 Å². The lowest BCUT2D eigenvalue weighted by Crippen LogP contribution is -2.30. The Labute approximate surface area is 100 Å².